The molecule has 1 atom stereocenters. The number of carbonyl (C=O) groups is 1. The average molecular weight is 374 g/mol. The van der Waals surface area contributed by atoms with Crippen molar-refractivity contribution in [3.8, 4) is 5.13 Å². The molecule has 0 amide bonds. The van der Waals surface area contributed by atoms with Gasteiger partial charge in [-0.15, -0.1) is 5.10 Å². The van der Waals surface area contributed by atoms with Crippen molar-refractivity contribution < 1.29 is 4.79 Å². The highest BCUT2D eigenvalue weighted by Crippen LogP contribution is 2.35. The number of para-hydroxylation sites is 2. The number of fused-ring (bicyclic) bond motifs is 2. The summed E-state index contributed by atoms with van der Waals surface area (Å²) in [6.07, 6.45) is 1.38. The number of ketones is 1. The van der Waals surface area contributed by atoms with Gasteiger partial charge in [0.05, 0.1) is 21.5 Å². The highest BCUT2D eigenvalue weighted by atomic mass is 32.1. The Morgan fingerprint density at radius 2 is 1.85 bits per heavy atom. The van der Waals surface area contributed by atoms with Crippen molar-refractivity contribution in [1.29, 1.82) is 0 Å². The van der Waals surface area contributed by atoms with E-state index in [1.54, 1.807) is 11.3 Å². The molecule has 0 saturated carbocycles. The molecule has 0 aliphatic heterocycles. The van der Waals surface area contributed by atoms with E-state index in [2.05, 4.69) is 18.3 Å². The van der Waals surface area contributed by atoms with Crippen molar-refractivity contribution in [3.05, 3.63) is 65.9 Å². The molecule has 4 aromatic rings. The first kappa shape index (κ1) is 16.2. The van der Waals surface area contributed by atoms with E-state index < -0.39 is 0 Å². The van der Waals surface area contributed by atoms with E-state index in [1.165, 1.54) is 0 Å². The minimum atomic E-state index is 0.148. The minimum Gasteiger partial charge on any atom is -0.338 e. The highest BCUT2D eigenvalue weighted by Gasteiger charge is 2.31. The fourth-order valence-corrected chi connectivity index (χ4v) is 4.55. The smallest absolute Gasteiger partial charge is 0.211 e. The number of thiazole rings is 1. The third kappa shape index (κ3) is 2.82. The zero-order valence-corrected chi connectivity index (χ0v) is 15.7. The number of carbonyl (C=O) groups excluding carboxylic acids is 1. The van der Waals surface area contributed by atoms with E-state index in [1.807, 2.05) is 53.2 Å². The summed E-state index contributed by atoms with van der Waals surface area (Å²) >= 11 is 1.60. The topological polar surface area (TPSA) is 59.8 Å². The standard InChI is InChI=1S/C21H18N4OS/c1-13-11-16-19(17(26)12-13)20(22-14-7-3-2-4-8-14)24-25(16)21-23-15-9-5-6-10-18(15)27-21/h2-10,13H,11-12H2,1H3,(H,22,24)/t13-/m1/s1. The second kappa shape index (κ2) is 6.32. The number of nitrogens with zero attached hydrogens (tertiary/aromatic N) is 3. The number of rotatable bonds is 3. The maximum atomic E-state index is 12.8. The zero-order valence-electron chi connectivity index (χ0n) is 14.8. The SMILES string of the molecule is C[C@H]1CC(=O)c2c(Nc3ccccc3)nn(-c3nc4ccccc4s3)c2C1. The second-order valence-corrected chi connectivity index (χ2v) is 7.98. The molecule has 2 aromatic carbocycles. The molecular weight excluding hydrogens is 356 g/mol. The molecule has 2 heterocycles. The lowest BCUT2D eigenvalue weighted by Crippen LogP contribution is -2.19. The Balaban J connectivity index is 1.67. The normalized spacial score (nSPS) is 16.5. The molecule has 5 rings (SSSR count). The Morgan fingerprint density at radius 1 is 1.07 bits per heavy atom. The Morgan fingerprint density at radius 3 is 2.67 bits per heavy atom. The van der Waals surface area contributed by atoms with Crippen molar-refractivity contribution in [3.63, 3.8) is 0 Å². The van der Waals surface area contributed by atoms with Gasteiger partial charge in [0.1, 0.15) is 0 Å². The van der Waals surface area contributed by atoms with E-state index in [4.69, 9.17) is 10.1 Å². The van der Waals surface area contributed by atoms with Gasteiger partial charge in [0.2, 0.25) is 5.13 Å². The first-order valence-corrected chi connectivity index (χ1v) is 9.84. The van der Waals surface area contributed by atoms with Crippen LogP contribution in [-0.2, 0) is 6.42 Å². The van der Waals surface area contributed by atoms with Crippen LogP contribution in [-0.4, -0.2) is 20.5 Å². The summed E-state index contributed by atoms with van der Waals surface area (Å²) in [5.41, 5.74) is 3.53. The van der Waals surface area contributed by atoms with E-state index in [-0.39, 0.29) is 5.78 Å². The molecule has 0 radical (unpaired) electrons. The summed E-state index contributed by atoms with van der Waals surface area (Å²) in [4.78, 5) is 17.6. The molecule has 1 aliphatic carbocycles. The fraction of sp³-hybridized carbons (Fsp3) is 0.190. The maximum absolute atomic E-state index is 12.8. The van der Waals surface area contributed by atoms with Gasteiger partial charge < -0.3 is 5.32 Å². The quantitative estimate of drug-likeness (QED) is 0.549. The summed E-state index contributed by atoms with van der Waals surface area (Å²) in [6.45, 7) is 2.11. The van der Waals surface area contributed by atoms with Gasteiger partial charge in [-0.25, -0.2) is 9.67 Å². The van der Waals surface area contributed by atoms with Crippen LogP contribution in [0.1, 0.15) is 29.4 Å². The van der Waals surface area contributed by atoms with Crippen molar-refractivity contribution in [2.45, 2.75) is 19.8 Å². The number of nitrogens with one attached hydrogen (secondary N) is 1. The van der Waals surface area contributed by atoms with Gasteiger partial charge in [-0.2, -0.15) is 0 Å². The van der Waals surface area contributed by atoms with E-state index in [0.29, 0.717) is 23.7 Å². The monoisotopic (exact) mass is 374 g/mol. The van der Waals surface area contributed by atoms with E-state index >= 15 is 0 Å². The Kier molecular flexibility index (Phi) is 3.79. The average Bonchev–Trinajstić information content (AvgIpc) is 3.24. The molecule has 0 saturated heterocycles. The van der Waals surface area contributed by atoms with Crippen LogP contribution in [0.15, 0.2) is 54.6 Å². The summed E-state index contributed by atoms with van der Waals surface area (Å²) in [6, 6.07) is 17.9. The molecule has 0 spiro atoms. The van der Waals surface area contributed by atoms with Gasteiger partial charge >= 0.3 is 0 Å². The number of benzene rings is 2. The van der Waals surface area contributed by atoms with E-state index in [0.717, 1.165) is 33.2 Å². The lowest BCUT2D eigenvalue weighted by molar-refractivity contribution is 0.0953. The third-order valence-electron chi connectivity index (χ3n) is 4.84. The molecule has 2 aromatic heterocycles. The Labute approximate surface area is 160 Å². The summed E-state index contributed by atoms with van der Waals surface area (Å²) in [5.74, 6) is 1.07. The summed E-state index contributed by atoms with van der Waals surface area (Å²) < 4.78 is 2.98. The molecule has 0 bridgehead atoms. The van der Waals surface area contributed by atoms with Gasteiger partial charge in [0.25, 0.3) is 0 Å². The van der Waals surface area contributed by atoms with Crippen LogP contribution in [0.2, 0.25) is 0 Å². The first-order chi connectivity index (χ1) is 13.2. The maximum Gasteiger partial charge on any atom is 0.211 e. The molecule has 0 fully saturated rings. The van der Waals surface area contributed by atoms with Gasteiger partial charge in [-0.05, 0) is 36.6 Å². The predicted octanol–water partition coefficient (Wildman–Crippen LogP) is 4.99. The summed E-state index contributed by atoms with van der Waals surface area (Å²) in [7, 11) is 0. The van der Waals surface area contributed by atoms with Crippen molar-refractivity contribution >= 4 is 38.8 Å². The minimum absolute atomic E-state index is 0.148. The predicted molar refractivity (Wildman–Crippen MR) is 108 cm³/mol. The second-order valence-electron chi connectivity index (χ2n) is 6.97. The van der Waals surface area contributed by atoms with Crippen LogP contribution in [0.3, 0.4) is 0 Å². The lowest BCUT2D eigenvalue weighted by atomic mass is 9.88. The third-order valence-corrected chi connectivity index (χ3v) is 5.85. The zero-order chi connectivity index (χ0) is 18.4. The van der Waals surface area contributed by atoms with Crippen LogP contribution in [0.25, 0.3) is 15.3 Å². The number of hydrogen-bond donors (Lipinski definition) is 1. The van der Waals surface area contributed by atoms with Crippen molar-refractivity contribution in [2.75, 3.05) is 5.32 Å². The Hall–Kier alpha value is -2.99. The molecule has 1 aliphatic rings. The largest absolute Gasteiger partial charge is 0.338 e. The van der Waals surface area contributed by atoms with Gasteiger partial charge in [-0.3, -0.25) is 4.79 Å². The fourth-order valence-electron chi connectivity index (χ4n) is 3.61. The van der Waals surface area contributed by atoms with Crippen LogP contribution in [0, 0.1) is 5.92 Å². The summed E-state index contributed by atoms with van der Waals surface area (Å²) in [5, 5.41) is 8.90. The molecule has 1 N–H and O–H groups in total. The number of Topliss-reactive ketones (excluding diaryl/α,β-unsaturated/α-hetero) is 1. The Bertz CT molecular complexity index is 1110. The lowest BCUT2D eigenvalue weighted by Gasteiger charge is -2.18. The van der Waals surface area contributed by atoms with Crippen LogP contribution in [0.5, 0.6) is 0 Å². The molecule has 5 nitrogen and oxygen atoms in total. The van der Waals surface area contributed by atoms with Gasteiger partial charge in [-0.1, -0.05) is 48.6 Å². The van der Waals surface area contributed by atoms with E-state index in [9.17, 15) is 4.79 Å². The number of aromatic nitrogens is 3. The highest BCUT2D eigenvalue weighted by molar-refractivity contribution is 7.20. The van der Waals surface area contributed by atoms with Crippen LogP contribution < -0.4 is 5.32 Å². The molecule has 27 heavy (non-hydrogen) atoms. The molecular formula is C21H18N4OS. The number of hydrogen-bond acceptors (Lipinski definition) is 5. The van der Waals surface area contributed by atoms with Crippen molar-refractivity contribution in [2.24, 2.45) is 5.92 Å². The van der Waals surface area contributed by atoms with Gasteiger partial charge in [0.15, 0.2) is 11.6 Å². The molecule has 6 heteroatoms. The number of anilines is 2. The van der Waals surface area contributed by atoms with Crippen LogP contribution >= 0.6 is 11.3 Å². The molecule has 0 unspecified atom stereocenters. The first-order valence-electron chi connectivity index (χ1n) is 9.02. The van der Waals surface area contributed by atoms with Crippen molar-refractivity contribution in [1.82, 2.24) is 14.8 Å². The van der Waals surface area contributed by atoms with Gasteiger partial charge in [0, 0.05) is 12.1 Å². The molecule has 134 valence electrons. The van der Waals surface area contributed by atoms with Crippen LogP contribution in [0.4, 0.5) is 11.5 Å².